The van der Waals surface area contributed by atoms with E-state index in [2.05, 4.69) is 16.4 Å². The molecule has 0 bridgehead atoms. The molecule has 1 radical (unpaired) electrons. The van der Waals surface area contributed by atoms with Gasteiger partial charge in [0, 0.05) is 18.3 Å². The third kappa shape index (κ3) is 1.63. The zero-order valence-corrected chi connectivity index (χ0v) is 6.73. The normalized spacial score (nSPS) is 16.5. The van der Waals surface area contributed by atoms with E-state index in [1.807, 2.05) is 0 Å². The van der Waals surface area contributed by atoms with Crippen molar-refractivity contribution in [3.05, 3.63) is 23.4 Å². The molecular formula is C8H8ClN2. The van der Waals surface area contributed by atoms with E-state index >= 15 is 0 Å². The van der Waals surface area contributed by atoms with Crippen molar-refractivity contribution < 1.29 is 0 Å². The summed E-state index contributed by atoms with van der Waals surface area (Å²) >= 11 is 5.82. The molecule has 0 spiro atoms. The summed E-state index contributed by atoms with van der Waals surface area (Å²) in [4.78, 5) is 4.08. The molecule has 0 aliphatic heterocycles. The van der Waals surface area contributed by atoms with Crippen LogP contribution in [-0.2, 0) is 0 Å². The predicted molar refractivity (Wildman–Crippen MR) is 44.7 cm³/mol. The summed E-state index contributed by atoms with van der Waals surface area (Å²) in [5.41, 5.74) is 0. The average Bonchev–Trinajstić information content (AvgIpc) is 2.78. The molecule has 0 unspecified atom stereocenters. The van der Waals surface area contributed by atoms with Crippen molar-refractivity contribution in [2.75, 3.05) is 5.32 Å². The molecular weight excluding hydrogens is 160 g/mol. The van der Waals surface area contributed by atoms with Crippen LogP contribution in [0.4, 0.5) is 5.82 Å². The number of anilines is 1. The molecule has 1 aliphatic rings. The van der Waals surface area contributed by atoms with Crippen LogP contribution in [0.1, 0.15) is 12.8 Å². The second-order valence-corrected chi connectivity index (χ2v) is 3.05. The molecule has 57 valence electrons. The van der Waals surface area contributed by atoms with Crippen LogP contribution in [0, 0.1) is 6.07 Å². The van der Waals surface area contributed by atoms with E-state index < -0.39 is 0 Å². The van der Waals surface area contributed by atoms with E-state index in [-0.39, 0.29) is 0 Å². The van der Waals surface area contributed by atoms with E-state index in [0.717, 1.165) is 5.82 Å². The van der Waals surface area contributed by atoms with Crippen molar-refractivity contribution in [2.45, 2.75) is 18.9 Å². The lowest BCUT2D eigenvalue weighted by Crippen LogP contribution is -2.02. The summed E-state index contributed by atoms with van der Waals surface area (Å²) in [6.07, 6.45) is 4.15. The molecule has 1 heterocycles. The fourth-order valence-electron chi connectivity index (χ4n) is 0.869. The van der Waals surface area contributed by atoms with Gasteiger partial charge in [-0.3, -0.25) is 0 Å². The van der Waals surface area contributed by atoms with Crippen LogP contribution >= 0.6 is 11.6 Å². The monoisotopic (exact) mass is 167 g/mol. The summed E-state index contributed by atoms with van der Waals surface area (Å²) < 4.78 is 0. The van der Waals surface area contributed by atoms with Gasteiger partial charge in [0.15, 0.2) is 0 Å². The van der Waals surface area contributed by atoms with Gasteiger partial charge >= 0.3 is 0 Å². The summed E-state index contributed by atoms with van der Waals surface area (Å²) in [5.74, 6) is 0.761. The smallest absolute Gasteiger partial charge is 0.145 e. The molecule has 1 saturated carbocycles. The molecule has 1 aliphatic carbocycles. The van der Waals surface area contributed by atoms with E-state index in [1.165, 1.54) is 12.8 Å². The van der Waals surface area contributed by atoms with E-state index in [9.17, 15) is 0 Å². The van der Waals surface area contributed by atoms with Crippen LogP contribution in [0.3, 0.4) is 0 Å². The first-order valence-electron chi connectivity index (χ1n) is 3.65. The minimum absolute atomic E-state index is 0.583. The van der Waals surface area contributed by atoms with Crippen molar-refractivity contribution in [2.24, 2.45) is 0 Å². The molecule has 2 nitrogen and oxygen atoms in total. The van der Waals surface area contributed by atoms with Crippen LogP contribution in [-0.4, -0.2) is 11.0 Å². The molecule has 1 fully saturated rings. The molecule has 0 saturated heterocycles. The maximum absolute atomic E-state index is 5.82. The van der Waals surface area contributed by atoms with Crippen molar-refractivity contribution >= 4 is 17.4 Å². The Morgan fingerprint density at radius 1 is 1.64 bits per heavy atom. The molecule has 3 heteroatoms. The predicted octanol–water partition coefficient (Wildman–Crippen LogP) is 2.11. The Kier molecular flexibility index (Phi) is 1.70. The van der Waals surface area contributed by atoms with Crippen molar-refractivity contribution in [3.63, 3.8) is 0 Å². The largest absolute Gasteiger partial charge is 0.366 e. The number of aromatic nitrogens is 1. The van der Waals surface area contributed by atoms with Crippen LogP contribution in [0.25, 0.3) is 0 Å². The van der Waals surface area contributed by atoms with E-state index in [1.54, 1.807) is 12.3 Å². The Morgan fingerprint density at radius 3 is 3.09 bits per heavy atom. The van der Waals surface area contributed by atoms with Gasteiger partial charge in [-0.2, -0.15) is 0 Å². The quantitative estimate of drug-likeness (QED) is 0.730. The molecule has 1 aromatic rings. The lowest BCUT2D eigenvalue weighted by atomic mass is 10.4. The number of rotatable bonds is 2. The number of hydrogen-bond donors (Lipinski definition) is 1. The maximum Gasteiger partial charge on any atom is 0.145 e. The average molecular weight is 168 g/mol. The Morgan fingerprint density at radius 2 is 2.45 bits per heavy atom. The second kappa shape index (κ2) is 2.70. The van der Waals surface area contributed by atoms with Crippen LogP contribution in [0.5, 0.6) is 0 Å². The zero-order chi connectivity index (χ0) is 7.68. The molecule has 2 rings (SSSR count). The lowest BCUT2D eigenvalue weighted by Gasteiger charge is -2.03. The minimum atomic E-state index is 0.583. The summed E-state index contributed by atoms with van der Waals surface area (Å²) in [6, 6.07) is 5.18. The van der Waals surface area contributed by atoms with Gasteiger partial charge in [0.2, 0.25) is 0 Å². The maximum atomic E-state index is 5.82. The summed E-state index contributed by atoms with van der Waals surface area (Å²) in [6.45, 7) is 0. The van der Waals surface area contributed by atoms with Gasteiger partial charge in [0.1, 0.15) is 5.82 Å². The van der Waals surface area contributed by atoms with Crippen LogP contribution in [0.2, 0.25) is 5.02 Å². The highest BCUT2D eigenvalue weighted by molar-refractivity contribution is 6.32. The fourth-order valence-corrected chi connectivity index (χ4v) is 1.04. The Bertz CT molecular complexity index is 258. The van der Waals surface area contributed by atoms with Gasteiger partial charge < -0.3 is 5.32 Å². The van der Waals surface area contributed by atoms with Crippen molar-refractivity contribution in [1.82, 2.24) is 4.98 Å². The fraction of sp³-hybridized carbons (Fsp3) is 0.375. The Hall–Kier alpha value is -0.760. The van der Waals surface area contributed by atoms with Crippen molar-refractivity contribution in [1.29, 1.82) is 0 Å². The van der Waals surface area contributed by atoms with Crippen LogP contribution in [0.15, 0.2) is 12.3 Å². The second-order valence-electron chi connectivity index (χ2n) is 2.67. The van der Waals surface area contributed by atoms with Gasteiger partial charge in [-0.25, -0.2) is 4.98 Å². The van der Waals surface area contributed by atoms with Gasteiger partial charge in [-0.05, 0) is 18.9 Å². The molecule has 11 heavy (non-hydrogen) atoms. The third-order valence-electron chi connectivity index (χ3n) is 1.61. The standard InChI is InChI=1S/C8H8ClN2/c9-7-2-1-5-10-8(7)11-6-3-4-6/h1,5-6H,3-4H2,(H,10,11). The summed E-state index contributed by atoms with van der Waals surface area (Å²) in [7, 11) is 0. The number of halogens is 1. The third-order valence-corrected chi connectivity index (χ3v) is 1.90. The Labute approximate surface area is 70.6 Å². The van der Waals surface area contributed by atoms with Crippen molar-refractivity contribution in [3.8, 4) is 0 Å². The van der Waals surface area contributed by atoms with Gasteiger partial charge in [0.25, 0.3) is 0 Å². The molecule has 1 aromatic heterocycles. The van der Waals surface area contributed by atoms with E-state index in [4.69, 9.17) is 11.6 Å². The molecule has 0 amide bonds. The highest BCUT2D eigenvalue weighted by Gasteiger charge is 2.21. The van der Waals surface area contributed by atoms with Gasteiger partial charge in [-0.1, -0.05) is 11.6 Å². The summed E-state index contributed by atoms with van der Waals surface area (Å²) in [5, 5.41) is 3.79. The zero-order valence-electron chi connectivity index (χ0n) is 5.97. The lowest BCUT2D eigenvalue weighted by molar-refractivity contribution is 1.11. The van der Waals surface area contributed by atoms with Gasteiger partial charge in [-0.15, -0.1) is 0 Å². The Balaban J connectivity index is 2.15. The molecule has 0 aromatic carbocycles. The van der Waals surface area contributed by atoms with E-state index in [0.29, 0.717) is 11.1 Å². The first kappa shape index (κ1) is 6.92. The first-order valence-corrected chi connectivity index (χ1v) is 4.03. The first-order chi connectivity index (χ1) is 5.36. The topological polar surface area (TPSA) is 24.9 Å². The number of nitrogens with zero attached hydrogens (tertiary/aromatic N) is 1. The SMILES string of the molecule is Clc1[c]ccnc1NC1CC1. The number of hydrogen-bond acceptors (Lipinski definition) is 2. The molecule has 1 N–H and O–H groups in total. The van der Waals surface area contributed by atoms with Gasteiger partial charge in [0.05, 0.1) is 5.02 Å². The molecule has 0 atom stereocenters. The number of pyridine rings is 1. The highest BCUT2D eigenvalue weighted by atomic mass is 35.5. The highest BCUT2D eigenvalue weighted by Crippen LogP contribution is 2.26. The number of nitrogens with one attached hydrogen (secondary N) is 1. The van der Waals surface area contributed by atoms with Crippen LogP contribution < -0.4 is 5.32 Å². The minimum Gasteiger partial charge on any atom is -0.366 e.